The van der Waals surface area contributed by atoms with Crippen molar-refractivity contribution in [3.63, 3.8) is 0 Å². The van der Waals surface area contributed by atoms with Gasteiger partial charge in [0.15, 0.2) is 0 Å². The van der Waals surface area contributed by atoms with Crippen LogP contribution >= 0.6 is 12.4 Å². The molecule has 5 nitrogen and oxygen atoms in total. The molecule has 2 amide bonds. The van der Waals surface area contributed by atoms with Crippen molar-refractivity contribution in [3.8, 4) is 0 Å². The Morgan fingerprint density at radius 2 is 2.04 bits per heavy atom. The number of piperidine rings is 1. The van der Waals surface area contributed by atoms with Crippen molar-refractivity contribution in [1.82, 2.24) is 10.6 Å². The first kappa shape index (κ1) is 19.5. The fourth-order valence-corrected chi connectivity index (χ4v) is 2.66. The number of halogens is 1. The molecule has 1 aliphatic heterocycles. The number of rotatable bonds is 4. The van der Waals surface area contributed by atoms with Crippen molar-refractivity contribution < 1.29 is 9.59 Å². The molecule has 1 aromatic rings. The van der Waals surface area contributed by atoms with E-state index in [2.05, 4.69) is 16.0 Å². The first-order valence-corrected chi connectivity index (χ1v) is 7.90. The zero-order valence-electron chi connectivity index (χ0n) is 13.9. The molecular formula is C17H26ClN3O2. The van der Waals surface area contributed by atoms with Crippen molar-refractivity contribution in [2.75, 3.05) is 18.4 Å². The number of anilines is 1. The summed E-state index contributed by atoms with van der Waals surface area (Å²) in [5.41, 5.74) is 2.25. The van der Waals surface area contributed by atoms with Gasteiger partial charge in [0.25, 0.3) is 5.91 Å². The van der Waals surface area contributed by atoms with E-state index in [1.807, 2.05) is 26.8 Å². The zero-order chi connectivity index (χ0) is 16.1. The quantitative estimate of drug-likeness (QED) is 0.789. The van der Waals surface area contributed by atoms with Crippen LogP contribution < -0.4 is 16.0 Å². The van der Waals surface area contributed by atoms with Crippen LogP contribution in [0, 0.1) is 12.8 Å². The van der Waals surface area contributed by atoms with Crippen LogP contribution in [0.2, 0.25) is 0 Å². The van der Waals surface area contributed by atoms with E-state index < -0.39 is 0 Å². The maximum Gasteiger partial charge on any atom is 0.251 e. The molecule has 1 heterocycles. The number of benzene rings is 1. The molecule has 128 valence electrons. The number of amides is 2. The minimum atomic E-state index is -0.0816. The topological polar surface area (TPSA) is 70.2 Å². The summed E-state index contributed by atoms with van der Waals surface area (Å²) in [4.78, 5) is 24.3. The summed E-state index contributed by atoms with van der Waals surface area (Å²) in [6.45, 7) is 7.47. The molecule has 0 aliphatic carbocycles. The summed E-state index contributed by atoms with van der Waals surface area (Å²) in [5, 5.41) is 9.07. The normalized spacial score (nSPS) is 17.3. The molecule has 1 fully saturated rings. The maximum atomic E-state index is 12.2. The summed E-state index contributed by atoms with van der Waals surface area (Å²) < 4.78 is 0. The molecule has 1 aromatic carbocycles. The predicted molar refractivity (Wildman–Crippen MR) is 95.3 cm³/mol. The highest BCUT2D eigenvalue weighted by Crippen LogP contribution is 2.18. The molecule has 2 rings (SSSR count). The Labute approximate surface area is 144 Å². The van der Waals surface area contributed by atoms with E-state index in [0.29, 0.717) is 5.56 Å². The van der Waals surface area contributed by atoms with Crippen molar-refractivity contribution >= 4 is 29.9 Å². The number of hydrogen-bond donors (Lipinski definition) is 3. The third-order valence-corrected chi connectivity index (χ3v) is 3.83. The summed E-state index contributed by atoms with van der Waals surface area (Å²) >= 11 is 0. The van der Waals surface area contributed by atoms with Crippen LogP contribution in [0.15, 0.2) is 18.2 Å². The molecule has 1 aliphatic rings. The molecule has 1 unspecified atom stereocenters. The lowest BCUT2D eigenvalue weighted by Crippen LogP contribution is -2.37. The molecule has 23 heavy (non-hydrogen) atoms. The minimum absolute atomic E-state index is 0. The molecule has 0 radical (unpaired) electrons. The molecule has 0 bridgehead atoms. The van der Waals surface area contributed by atoms with E-state index in [1.165, 1.54) is 0 Å². The summed E-state index contributed by atoms with van der Waals surface area (Å²) in [5.74, 6) is -0.00851. The lowest BCUT2D eigenvalue weighted by Gasteiger charge is -2.22. The lowest BCUT2D eigenvalue weighted by atomic mass is 9.98. The Kier molecular flexibility index (Phi) is 7.52. The SMILES string of the molecule is Cc1cc(NC(=O)C2CCCNC2)ccc1C(=O)NC(C)C.Cl. The number of nitrogens with one attached hydrogen (secondary N) is 3. The monoisotopic (exact) mass is 339 g/mol. The van der Waals surface area contributed by atoms with Crippen LogP contribution in [-0.2, 0) is 4.79 Å². The van der Waals surface area contributed by atoms with Crippen molar-refractivity contribution in [3.05, 3.63) is 29.3 Å². The molecule has 0 aromatic heterocycles. The van der Waals surface area contributed by atoms with Gasteiger partial charge in [-0.25, -0.2) is 0 Å². The van der Waals surface area contributed by atoms with Gasteiger partial charge in [0.2, 0.25) is 5.91 Å². The molecular weight excluding hydrogens is 314 g/mol. The Morgan fingerprint density at radius 1 is 1.30 bits per heavy atom. The van der Waals surface area contributed by atoms with E-state index in [4.69, 9.17) is 0 Å². The summed E-state index contributed by atoms with van der Waals surface area (Å²) in [6, 6.07) is 5.51. The fraction of sp³-hybridized carbons (Fsp3) is 0.529. The van der Waals surface area contributed by atoms with Crippen LogP contribution in [0.5, 0.6) is 0 Å². The Morgan fingerprint density at radius 3 is 2.61 bits per heavy atom. The highest BCUT2D eigenvalue weighted by molar-refractivity contribution is 5.97. The molecule has 0 spiro atoms. The third-order valence-electron chi connectivity index (χ3n) is 3.83. The van der Waals surface area contributed by atoms with E-state index in [1.54, 1.807) is 12.1 Å². The molecule has 1 atom stereocenters. The molecule has 3 N–H and O–H groups in total. The molecule has 1 saturated heterocycles. The first-order chi connectivity index (χ1) is 10.5. The average Bonchev–Trinajstić information content (AvgIpc) is 2.47. The van der Waals surface area contributed by atoms with Crippen LogP contribution in [-0.4, -0.2) is 30.9 Å². The summed E-state index contributed by atoms with van der Waals surface area (Å²) in [6.07, 6.45) is 1.96. The minimum Gasteiger partial charge on any atom is -0.350 e. The van der Waals surface area contributed by atoms with Gasteiger partial charge in [-0.3, -0.25) is 9.59 Å². The lowest BCUT2D eigenvalue weighted by molar-refractivity contribution is -0.120. The van der Waals surface area contributed by atoms with Crippen LogP contribution in [0.1, 0.15) is 42.6 Å². The largest absolute Gasteiger partial charge is 0.350 e. The highest BCUT2D eigenvalue weighted by atomic mass is 35.5. The second kappa shape index (κ2) is 8.89. The predicted octanol–water partition coefficient (Wildman–Crippen LogP) is 2.49. The maximum absolute atomic E-state index is 12.2. The van der Waals surface area contributed by atoms with E-state index in [-0.39, 0.29) is 36.2 Å². The Hall–Kier alpha value is -1.59. The van der Waals surface area contributed by atoms with Crippen LogP contribution in [0.3, 0.4) is 0 Å². The summed E-state index contributed by atoms with van der Waals surface area (Å²) in [7, 11) is 0. The smallest absolute Gasteiger partial charge is 0.251 e. The van der Waals surface area contributed by atoms with Crippen molar-refractivity contribution in [1.29, 1.82) is 0 Å². The van der Waals surface area contributed by atoms with Gasteiger partial charge in [-0.2, -0.15) is 0 Å². The van der Waals surface area contributed by atoms with Gasteiger partial charge in [0.05, 0.1) is 5.92 Å². The van der Waals surface area contributed by atoms with Crippen LogP contribution in [0.4, 0.5) is 5.69 Å². The number of carbonyl (C=O) groups is 2. The van der Waals surface area contributed by atoms with Gasteiger partial charge in [0, 0.05) is 23.8 Å². The fourth-order valence-electron chi connectivity index (χ4n) is 2.66. The number of hydrogen-bond acceptors (Lipinski definition) is 3. The second-order valence-electron chi connectivity index (χ2n) is 6.19. The molecule has 6 heteroatoms. The molecule has 0 saturated carbocycles. The first-order valence-electron chi connectivity index (χ1n) is 7.90. The second-order valence-corrected chi connectivity index (χ2v) is 6.19. The number of aryl methyl sites for hydroxylation is 1. The van der Waals surface area contributed by atoms with Gasteiger partial charge < -0.3 is 16.0 Å². The van der Waals surface area contributed by atoms with E-state index >= 15 is 0 Å². The zero-order valence-corrected chi connectivity index (χ0v) is 14.8. The Bertz CT molecular complexity index is 555. The van der Waals surface area contributed by atoms with Crippen molar-refractivity contribution in [2.24, 2.45) is 5.92 Å². The van der Waals surface area contributed by atoms with E-state index in [9.17, 15) is 9.59 Å². The number of carbonyl (C=O) groups excluding carboxylic acids is 2. The van der Waals surface area contributed by atoms with Gasteiger partial charge in [-0.15, -0.1) is 12.4 Å². The van der Waals surface area contributed by atoms with Crippen molar-refractivity contribution in [2.45, 2.75) is 39.7 Å². The van der Waals surface area contributed by atoms with Crippen LogP contribution in [0.25, 0.3) is 0 Å². The highest BCUT2D eigenvalue weighted by Gasteiger charge is 2.21. The van der Waals surface area contributed by atoms with Gasteiger partial charge in [-0.05, 0) is 63.9 Å². The third kappa shape index (κ3) is 5.52. The Balaban J connectivity index is 0.00000264. The van der Waals surface area contributed by atoms with Gasteiger partial charge in [0.1, 0.15) is 0 Å². The van der Waals surface area contributed by atoms with E-state index in [0.717, 1.165) is 37.2 Å². The van der Waals surface area contributed by atoms with Gasteiger partial charge >= 0.3 is 0 Å². The standard InChI is InChI=1S/C17H25N3O2.ClH/c1-11(2)19-17(22)15-7-6-14(9-12(15)3)20-16(21)13-5-4-8-18-10-13;/h6-7,9,11,13,18H,4-5,8,10H2,1-3H3,(H,19,22)(H,20,21);1H. The van der Waals surface area contributed by atoms with Gasteiger partial charge in [-0.1, -0.05) is 0 Å². The average molecular weight is 340 g/mol.